The summed E-state index contributed by atoms with van der Waals surface area (Å²) in [4.78, 5) is 11.7. The van der Waals surface area contributed by atoms with Crippen LogP contribution in [0, 0.1) is 12.7 Å². The summed E-state index contributed by atoms with van der Waals surface area (Å²) >= 11 is 0. The molecule has 0 atom stereocenters. The summed E-state index contributed by atoms with van der Waals surface area (Å²) in [6, 6.07) is 4.53. The van der Waals surface area contributed by atoms with Crippen LogP contribution >= 0.6 is 0 Å². The number of H-pyrrole nitrogens is 1. The van der Waals surface area contributed by atoms with Crippen molar-refractivity contribution in [1.82, 2.24) is 15.5 Å². The van der Waals surface area contributed by atoms with Crippen molar-refractivity contribution in [3.63, 3.8) is 0 Å². The number of amides is 1. The van der Waals surface area contributed by atoms with E-state index in [0.717, 1.165) is 11.1 Å². The summed E-state index contributed by atoms with van der Waals surface area (Å²) in [6.07, 6.45) is 3.28. The Balaban J connectivity index is 2.04. The van der Waals surface area contributed by atoms with Crippen LogP contribution in [0.5, 0.6) is 0 Å². The number of carbonyl (C=O) groups is 1. The van der Waals surface area contributed by atoms with E-state index in [0.29, 0.717) is 6.54 Å². The van der Waals surface area contributed by atoms with Gasteiger partial charge in [-0.3, -0.25) is 9.89 Å². The number of aromatic amines is 1. The van der Waals surface area contributed by atoms with E-state index in [1.807, 2.05) is 0 Å². The zero-order chi connectivity index (χ0) is 12.3. The smallest absolute Gasteiger partial charge is 0.254 e. The summed E-state index contributed by atoms with van der Waals surface area (Å²) < 4.78 is 13.5. The first-order chi connectivity index (χ1) is 8.16. The number of hydrogen-bond acceptors (Lipinski definition) is 2. The fraction of sp³-hybridized carbons (Fsp3) is 0.167. The second-order valence-electron chi connectivity index (χ2n) is 3.77. The molecule has 0 saturated carbocycles. The molecule has 0 aliphatic carbocycles. The Bertz CT molecular complexity index is 523. The first-order valence-corrected chi connectivity index (χ1v) is 5.19. The second-order valence-corrected chi connectivity index (χ2v) is 3.77. The van der Waals surface area contributed by atoms with Gasteiger partial charge in [-0.15, -0.1) is 0 Å². The number of hydrogen-bond donors (Lipinski definition) is 2. The van der Waals surface area contributed by atoms with Crippen molar-refractivity contribution < 1.29 is 9.18 Å². The maximum absolute atomic E-state index is 13.5. The number of aryl methyl sites for hydroxylation is 1. The molecule has 5 heteroatoms. The van der Waals surface area contributed by atoms with E-state index >= 15 is 0 Å². The molecule has 0 aliphatic heterocycles. The standard InChI is InChI=1S/C12H12FN3O/c1-8-2-3-10(11(13)4-8)12(17)14-5-9-6-15-16-7-9/h2-4,6-7H,5H2,1H3,(H,14,17)(H,15,16). The molecule has 0 radical (unpaired) electrons. The van der Waals surface area contributed by atoms with E-state index in [4.69, 9.17) is 0 Å². The lowest BCUT2D eigenvalue weighted by molar-refractivity contribution is 0.0947. The van der Waals surface area contributed by atoms with E-state index in [1.165, 1.54) is 12.1 Å². The van der Waals surface area contributed by atoms with Crippen molar-refractivity contribution in [2.75, 3.05) is 0 Å². The van der Waals surface area contributed by atoms with Crippen molar-refractivity contribution in [2.45, 2.75) is 13.5 Å². The third-order valence-electron chi connectivity index (χ3n) is 2.38. The van der Waals surface area contributed by atoms with Crippen LogP contribution in [0.25, 0.3) is 0 Å². The fourth-order valence-electron chi connectivity index (χ4n) is 1.46. The lowest BCUT2D eigenvalue weighted by Gasteiger charge is -2.05. The topological polar surface area (TPSA) is 57.8 Å². The summed E-state index contributed by atoms with van der Waals surface area (Å²) in [5, 5.41) is 9.01. The van der Waals surface area contributed by atoms with Crippen LogP contribution in [0.3, 0.4) is 0 Å². The first kappa shape index (κ1) is 11.3. The summed E-state index contributed by atoms with van der Waals surface area (Å²) in [5.74, 6) is -0.932. The molecule has 0 aliphatic rings. The van der Waals surface area contributed by atoms with Gasteiger partial charge >= 0.3 is 0 Å². The average molecular weight is 233 g/mol. The lowest BCUT2D eigenvalue weighted by atomic mass is 10.1. The third kappa shape index (κ3) is 2.69. The van der Waals surface area contributed by atoms with Crippen molar-refractivity contribution in [3.05, 3.63) is 53.1 Å². The van der Waals surface area contributed by atoms with Gasteiger partial charge in [-0.1, -0.05) is 6.07 Å². The van der Waals surface area contributed by atoms with Gasteiger partial charge in [-0.05, 0) is 24.6 Å². The van der Waals surface area contributed by atoms with E-state index in [1.54, 1.807) is 25.4 Å². The molecule has 17 heavy (non-hydrogen) atoms. The van der Waals surface area contributed by atoms with Crippen LogP contribution in [0.15, 0.2) is 30.6 Å². The maximum atomic E-state index is 13.5. The van der Waals surface area contributed by atoms with Gasteiger partial charge in [0.05, 0.1) is 11.8 Å². The second kappa shape index (κ2) is 4.78. The molecule has 0 bridgehead atoms. The minimum atomic E-state index is -0.505. The number of rotatable bonds is 3. The van der Waals surface area contributed by atoms with Crippen LogP contribution in [0.2, 0.25) is 0 Å². The van der Waals surface area contributed by atoms with Gasteiger partial charge in [0.1, 0.15) is 5.82 Å². The molecule has 0 spiro atoms. The molecule has 1 heterocycles. The molecule has 1 amide bonds. The van der Waals surface area contributed by atoms with Crippen molar-refractivity contribution >= 4 is 5.91 Å². The lowest BCUT2D eigenvalue weighted by Crippen LogP contribution is -2.23. The number of carbonyl (C=O) groups excluding carboxylic acids is 1. The van der Waals surface area contributed by atoms with Gasteiger partial charge in [0.15, 0.2) is 0 Å². The Labute approximate surface area is 97.9 Å². The van der Waals surface area contributed by atoms with Crippen molar-refractivity contribution in [3.8, 4) is 0 Å². The van der Waals surface area contributed by atoms with Gasteiger partial charge in [-0.2, -0.15) is 5.10 Å². The summed E-state index contributed by atoms with van der Waals surface area (Å²) in [7, 11) is 0. The van der Waals surface area contributed by atoms with E-state index < -0.39 is 11.7 Å². The Morgan fingerprint density at radius 1 is 1.53 bits per heavy atom. The Kier molecular flexibility index (Phi) is 3.18. The van der Waals surface area contributed by atoms with Crippen molar-refractivity contribution in [2.24, 2.45) is 0 Å². The molecule has 2 aromatic rings. The number of aromatic nitrogens is 2. The normalized spacial score (nSPS) is 10.2. The van der Waals surface area contributed by atoms with Crippen LogP contribution in [-0.2, 0) is 6.54 Å². The quantitative estimate of drug-likeness (QED) is 0.849. The maximum Gasteiger partial charge on any atom is 0.254 e. The van der Waals surface area contributed by atoms with E-state index in [2.05, 4.69) is 15.5 Å². The van der Waals surface area contributed by atoms with Crippen LogP contribution < -0.4 is 5.32 Å². The van der Waals surface area contributed by atoms with Crippen LogP contribution in [0.4, 0.5) is 4.39 Å². The predicted molar refractivity (Wildman–Crippen MR) is 60.9 cm³/mol. The molecule has 0 saturated heterocycles. The fourth-order valence-corrected chi connectivity index (χ4v) is 1.46. The highest BCUT2D eigenvalue weighted by Gasteiger charge is 2.11. The van der Waals surface area contributed by atoms with Crippen molar-refractivity contribution in [1.29, 1.82) is 0 Å². The molecule has 88 valence electrons. The van der Waals surface area contributed by atoms with Gasteiger partial charge in [0.2, 0.25) is 0 Å². The average Bonchev–Trinajstić information content (AvgIpc) is 2.78. The van der Waals surface area contributed by atoms with E-state index in [9.17, 15) is 9.18 Å². The molecule has 4 nitrogen and oxygen atoms in total. The zero-order valence-electron chi connectivity index (χ0n) is 9.33. The van der Waals surface area contributed by atoms with Gasteiger partial charge in [-0.25, -0.2) is 4.39 Å². The zero-order valence-corrected chi connectivity index (χ0v) is 9.33. The molecule has 2 rings (SSSR count). The molecule has 1 aromatic carbocycles. The summed E-state index contributed by atoms with van der Waals surface area (Å²) in [5.41, 5.74) is 1.68. The molecule has 1 aromatic heterocycles. The number of nitrogens with one attached hydrogen (secondary N) is 2. The Morgan fingerprint density at radius 2 is 2.35 bits per heavy atom. The highest BCUT2D eigenvalue weighted by molar-refractivity contribution is 5.94. The highest BCUT2D eigenvalue weighted by atomic mass is 19.1. The monoisotopic (exact) mass is 233 g/mol. The predicted octanol–water partition coefficient (Wildman–Crippen LogP) is 1.79. The molecule has 0 fully saturated rings. The van der Waals surface area contributed by atoms with E-state index in [-0.39, 0.29) is 5.56 Å². The highest BCUT2D eigenvalue weighted by Crippen LogP contribution is 2.09. The SMILES string of the molecule is Cc1ccc(C(=O)NCc2cn[nH]c2)c(F)c1. The molecule has 0 unspecified atom stereocenters. The number of benzene rings is 1. The van der Waals surface area contributed by atoms with Gasteiger partial charge < -0.3 is 5.32 Å². The minimum Gasteiger partial charge on any atom is -0.348 e. The third-order valence-corrected chi connectivity index (χ3v) is 2.38. The van der Waals surface area contributed by atoms with Gasteiger partial charge in [0.25, 0.3) is 5.91 Å². The first-order valence-electron chi connectivity index (χ1n) is 5.19. The van der Waals surface area contributed by atoms with Crippen LogP contribution in [0.1, 0.15) is 21.5 Å². The summed E-state index contributed by atoms with van der Waals surface area (Å²) in [6.45, 7) is 2.10. The van der Waals surface area contributed by atoms with Gasteiger partial charge in [0, 0.05) is 18.3 Å². The Hall–Kier alpha value is -2.17. The number of halogens is 1. The minimum absolute atomic E-state index is 0.0547. The number of nitrogens with zero attached hydrogens (tertiary/aromatic N) is 1. The molecular weight excluding hydrogens is 221 g/mol. The molecular formula is C12H12FN3O. The molecule has 2 N–H and O–H groups in total. The largest absolute Gasteiger partial charge is 0.348 e. The Morgan fingerprint density at radius 3 is 3.00 bits per heavy atom. The van der Waals surface area contributed by atoms with Crippen LogP contribution in [-0.4, -0.2) is 16.1 Å².